The lowest BCUT2D eigenvalue weighted by Gasteiger charge is -2.26. The van der Waals surface area contributed by atoms with Crippen molar-refractivity contribution in [2.45, 2.75) is 58.9 Å². The van der Waals surface area contributed by atoms with Crippen molar-refractivity contribution in [3.8, 4) is 0 Å². The molecule has 1 aromatic heterocycles. The Balaban J connectivity index is 1.67. The van der Waals surface area contributed by atoms with E-state index in [1.54, 1.807) is 31.2 Å². The number of thiophene rings is 1. The smallest absolute Gasteiger partial charge is 0.341 e. The second kappa shape index (κ2) is 9.47. The van der Waals surface area contributed by atoms with Crippen molar-refractivity contribution in [1.82, 2.24) is 4.90 Å². The first-order valence-electron chi connectivity index (χ1n) is 11.4. The van der Waals surface area contributed by atoms with Crippen LogP contribution in [0, 0.1) is 5.92 Å². The molecule has 1 aliphatic heterocycles. The summed E-state index contributed by atoms with van der Waals surface area (Å²) in [6.45, 7) is 5.86. The summed E-state index contributed by atoms with van der Waals surface area (Å²) in [5.74, 6) is -1.79. The summed E-state index contributed by atoms with van der Waals surface area (Å²) in [6, 6.07) is 5.63. The van der Waals surface area contributed by atoms with E-state index in [-0.39, 0.29) is 12.5 Å². The minimum Gasteiger partial charge on any atom is -0.462 e. The van der Waals surface area contributed by atoms with E-state index < -0.39 is 29.7 Å². The molecule has 2 aromatic rings. The molecule has 1 aromatic carbocycles. The van der Waals surface area contributed by atoms with Gasteiger partial charge < -0.3 is 10.1 Å². The number of fused-ring (bicyclic) bond motifs is 2. The summed E-state index contributed by atoms with van der Waals surface area (Å²) in [7, 11) is 0. The molecule has 0 saturated heterocycles. The molecule has 3 amide bonds. The normalized spacial score (nSPS) is 15.9. The predicted octanol–water partition coefficient (Wildman–Crippen LogP) is 4.45. The van der Waals surface area contributed by atoms with E-state index in [0.29, 0.717) is 28.1 Å². The molecular formula is C25H28N2O5S. The number of imide groups is 1. The van der Waals surface area contributed by atoms with Crippen molar-refractivity contribution in [1.29, 1.82) is 0 Å². The highest BCUT2D eigenvalue weighted by Gasteiger charge is 2.43. The van der Waals surface area contributed by atoms with Crippen LogP contribution in [0.5, 0.6) is 0 Å². The monoisotopic (exact) mass is 468 g/mol. The van der Waals surface area contributed by atoms with Crippen LogP contribution in [0.1, 0.15) is 81.5 Å². The van der Waals surface area contributed by atoms with Gasteiger partial charge in [0.15, 0.2) is 0 Å². The number of esters is 1. The van der Waals surface area contributed by atoms with E-state index in [9.17, 15) is 19.2 Å². The number of carbonyl (C=O) groups is 4. The van der Waals surface area contributed by atoms with E-state index in [1.165, 1.54) is 11.3 Å². The number of anilines is 1. The molecule has 0 fully saturated rings. The van der Waals surface area contributed by atoms with Gasteiger partial charge >= 0.3 is 5.97 Å². The maximum absolute atomic E-state index is 13.5. The number of amides is 3. The van der Waals surface area contributed by atoms with Crippen molar-refractivity contribution in [2.24, 2.45) is 5.92 Å². The van der Waals surface area contributed by atoms with Gasteiger partial charge in [0.1, 0.15) is 11.0 Å². The van der Waals surface area contributed by atoms with Gasteiger partial charge in [-0.1, -0.05) is 26.0 Å². The van der Waals surface area contributed by atoms with E-state index >= 15 is 0 Å². The van der Waals surface area contributed by atoms with Crippen molar-refractivity contribution in [3.63, 3.8) is 0 Å². The molecular weight excluding hydrogens is 440 g/mol. The topological polar surface area (TPSA) is 92.8 Å². The highest BCUT2D eigenvalue weighted by molar-refractivity contribution is 7.17. The number of ether oxygens (including phenoxy) is 1. The molecule has 8 heteroatoms. The molecule has 0 unspecified atom stereocenters. The summed E-state index contributed by atoms with van der Waals surface area (Å²) < 4.78 is 5.27. The molecule has 2 heterocycles. The Labute approximate surface area is 197 Å². The molecule has 0 bridgehead atoms. The Kier molecular flexibility index (Phi) is 6.65. The van der Waals surface area contributed by atoms with Crippen LogP contribution in [0.15, 0.2) is 24.3 Å². The molecule has 0 saturated carbocycles. The van der Waals surface area contributed by atoms with Crippen LogP contribution in [-0.2, 0) is 22.4 Å². The third-order valence-electron chi connectivity index (χ3n) is 6.02. The van der Waals surface area contributed by atoms with Crippen LogP contribution in [0.3, 0.4) is 0 Å². The molecule has 1 atom stereocenters. The molecule has 0 radical (unpaired) electrons. The van der Waals surface area contributed by atoms with Gasteiger partial charge in [0.25, 0.3) is 11.8 Å². The molecule has 0 spiro atoms. The van der Waals surface area contributed by atoms with Gasteiger partial charge in [0, 0.05) is 4.88 Å². The molecule has 4 rings (SSSR count). The van der Waals surface area contributed by atoms with Gasteiger partial charge in [-0.2, -0.15) is 0 Å². The van der Waals surface area contributed by atoms with Crippen molar-refractivity contribution in [3.05, 3.63) is 51.4 Å². The number of aryl methyl sites for hydroxylation is 1. The van der Waals surface area contributed by atoms with Crippen LogP contribution < -0.4 is 5.32 Å². The average Bonchev–Trinajstić information content (AvgIpc) is 3.27. The van der Waals surface area contributed by atoms with E-state index in [2.05, 4.69) is 5.32 Å². The Hall–Kier alpha value is -3.00. The summed E-state index contributed by atoms with van der Waals surface area (Å²) in [4.78, 5) is 54.5. The third-order valence-corrected chi connectivity index (χ3v) is 7.23. The number of hydrogen-bond donors (Lipinski definition) is 1. The SMILES string of the molecule is CCOC(=O)c1c(NC(=O)[C@@H](CC(C)C)N2C(=O)c3ccccc3C2=O)sc2c1CCCC2. The highest BCUT2D eigenvalue weighted by Crippen LogP contribution is 2.39. The molecule has 2 aliphatic rings. The van der Waals surface area contributed by atoms with E-state index in [4.69, 9.17) is 4.74 Å². The highest BCUT2D eigenvalue weighted by atomic mass is 32.1. The van der Waals surface area contributed by atoms with Gasteiger partial charge in [-0.3, -0.25) is 19.3 Å². The fourth-order valence-electron chi connectivity index (χ4n) is 4.54. The second-order valence-corrected chi connectivity index (χ2v) is 9.90. The third kappa shape index (κ3) is 4.31. The summed E-state index contributed by atoms with van der Waals surface area (Å²) in [5.41, 5.74) is 1.97. The van der Waals surface area contributed by atoms with E-state index in [0.717, 1.165) is 41.0 Å². The van der Waals surface area contributed by atoms with Crippen LogP contribution in [-0.4, -0.2) is 41.2 Å². The molecule has 174 valence electrons. The minimum absolute atomic E-state index is 0.0612. The van der Waals surface area contributed by atoms with Crippen LogP contribution in [0.2, 0.25) is 0 Å². The fourth-order valence-corrected chi connectivity index (χ4v) is 5.82. The van der Waals surface area contributed by atoms with Crippen LogP contribution >= 0.6 is 11.3 Å². The van der Waals surface area contributed by atoms with Crippen molar-refractivity contribution < 1.29 is 23.9 Å². The van der Waals surface area contributed by atoms with E-state index in [1.807, 2.05) is 13.8 Å². The molecule has 7 nitrogen and oxygen atoms in total. The molecule has 1 N–H and O–H groups in total. The number of carbonyl (C=O) groups excluding carboxylic acids is 4. The minimum atomic E-state index is -0.980. The summed E-state index contributed by atoms with van der Waals surface area (Å²) in [5, 5.41) is 3.33. The first-order valence-corrected chi connectivity index (χ1v) is 12.2. The van der Waals surface area contributed by atoms with Crippen LogP contribution in [0.4, 0.5) is 5.00 Å². The lowest BCUT2D eigenvalue weighted by molar-refractivity contribution is -0.120. The Morgan fingerprint density at radius 2 is 1.73 bits per heavy atom. The fraction of sp³-hybridized carbons (Fsp3) is 0.440. The maximum atomic E-state index is 13.5. The average molecular weight is 469 g/mol. The molecule has 1 aliphatic carbocycles. The lowest BCUT2D eigenvalue weighted by atomic mass is 9.95. The van der Waals surface area contributed by atoms with Crippen molar-refractivity contribution >= 4 is 40.0 Å². The van der Waals surface area contributed by atoms with Gasteiger partial charge in [0.2, 0.25) is 5.91 Å². The standard InChI is InChI=1S/C25H28N2O5S/c1-4-32-25(31)20-17-11-7-8-12-19(17)33-22(20)26-21(28)18(13-14(2)3)27-23(29)15-9-5-6-10-16(15)24(27)30/h5-6,9-10,14,18H,4,7-8,11-13H2,1-3H3,(H,26,28)/t18-/m1/s1. The second-order valence-electron chi connectivity index (χ2n) is 8.80. The van der Waals surface area contributed by atoms with Gasteiger partial charge in [0.05, 0.1) is 23.3 Å². The predicted molar refractivity (Wildman–Crippen MR) is 126 cm³/mol. The van der Waals surface area contributed by atoms with Crippen LogP contribution in [0.25, 0.3) is 0 Å². The first-order chi connectivity index (χ1) is 15.8. The largest absolute Gasteiger partial charge is 0.462 e. The quantitative estimate of drug-likeness (QED) is 0.479. The van der Waals surface area contributed by atoms with Gasteiger partial charge in [-0.25, -0.2) is 4.79 Å². The Morgan fingerprint density at radius 3 is 2.33 bits per heavy atom. The van der Waals surface area contributed by atoms with Gasteiger partial charge in [-0.05, 0) is 62.6 Å². The zero-order valence-corrected chi connectivity index (χ0v) is 19.9. The number of benzene rings is 1. The maximum Gasteiger partial charge on any atom is 0.341 e. The zero-order chi connectivity index (χ0) is 23.7. The lowest BCUT2D eigenvalue weighted by Crippen LogP contribution is -2.48. The van der Waals surface area contributed by atoms with Crippen molar-refractivity contribution in [2.75, 3.05) is 11.9 Å². The van der Waals surface area contributed by atoms with Gasteiger partial charge in [-0.15, -0.1) is 11.3 Å². The number of nitrogens with one attached hydrogen (secondary N) is 1. The summed E-state index contributed by atoms with van der Waals surface area (Å²) >= 11 is 1.39. The molecule has 33 heavy (non-hydrogen) atoms. The Bertz CT molecular complexity index is 1080. The Morgan fingerprint density at radius 1 is 1.09 bits per heavy atom. The number of nitrogens with zero attached hydrogens (tertiary/aromatic N) is 1. The zero-order valence-electron chi connectivity index (χ0n) is 19.1. The summed E-state index contributed by atoms with van der Waals surface area (Å²) in [6.07, 6.45) is 3.96. The number of rotatable bonds is 7. The number of hydrogen-bond acceptors (Lipinski definition) is 6. The first kappa shape index (κ1) is 23.2.